The molecule has 0 saturated heterocycles. The Morgan fingerprint density at radius 2 is 2.31 bits per heavy atom. The van der Waals surface area contributed by atoms with Gasteiger partial charge in [-0.2, -0.15) is 0 Å². The van der Waals surface area contributed by atoms with Crippen molar-refractivity contribution in [2.75, 3.05) is 6.61 Å². The van der Waals surface area contributed by atoms with Gasteiger partial charge in [0.05, 0.1) is 24.0 Å². The second kappa shape index (κ2) is 2.23. The minimum atomic E-state index is -0.113. The van der Waals surface area contributed by atoms with E-state index in [2.05, 4.69) is 11.1 Å². The molecule has 0 aromatic carbocycles. The maximum Gasteiger partial charge on any atom is 0.140 e. The topological polar surface area (TPSA) is 48.1 Å². The third kappa shape index (κ3) is 1.04. The molecule has 1 aromatic rings. The van der Waals surface area contributed by atoms with E-state index in [0.717, 1.165) is 37.3 Å². The van der Waals surface area contributed by atoms with Crippen molar-refractivity contribution in [3.8, 4) is 5.75 Å². The summed E-state index contributed by atoms with van der Waals surface area (Å²) in [6.45, 7) is 0.790. The van der Waals surface area contributed by atoms with Gasteiger partial charge in [0.2, 0.25) is 0 Å². The lowest BCUT2D eigenvalue weighted by Crippen LogP contribution is -2.20. The van der Waals surface area contributed by atoms with Crippen LogP contribution >= 0.6 is 0 Å². The van der Waals surface area contributed by atoms with Crippen LogP contribution in [0.1, 0.15) is 24.1 Å². The second-order valence-corrected chi connectivity index (χ2v) is 3.93. The van der Waals surface area contributed by atoms with Crippen molar-refractivity contribution < 1.29 is 4.74 Å². The van der Waals surface area contributed by atoms with Crippen LogP contribution in [0.3, 0.4) is 0 Å². The molecule has 2 aliphatic rings. The highest BCUT2D eigenvalue weighted by Gasteiger charge is 2.41. The minimum absolute atomic E-state index is 0.113. The smallest absolute Gasteiger partial charge is 0.140 e. The molecule has 1 aromatic heterocycles. The number of hydrogen-bond donors (Lipinski definition) is 1. The van der Waals surface area contributed by atoms with Gasteiger partial charge < -0.3 is 10.5 Å². The molecule has 2 heterocycles. The van der Waals surface area contributed by atoms with Crippen LogP contribution < -0.4 is 10.5 Å². The molecule has 0 amide bonds. The van der Waals surface area contributed by atoms with E-state index in [-0.39, 0.29) is 5.54 Å². The molecular formula is C10H12N2O. The fraction of sp³-hybridized carbons (Fsp3) is 0.500. The zero-order valence-corrected chi connectivity index (χ0v) is 7.42. The van der Waals surface area contributed by atoms with Gasteiger partial charge in [-0.15, -0.1) is 0 Å². The molecule has 2 N–H and O–H groups in total. The second-order valence-electron chi connectivity index (χ2n) is 3.93. The fourth-order valence-electron chi connectivity index (χ4n) is 1.74. The number of fused-ring (bicyclic) bond motifs is 1. The summed E-state index contributed by atoms with van der Waals surface area (Å²) in [5, 5.41) is 0. The van der Waals surface area contributed by atoms with Crippen molar-refractivity contribution >= 4 is 0 Å². The number of hydrogen-bond acceptors (Lipinski definition) is 3. The zero-order valence-electron chi connectivity index (χ0n) is 7.42. The lowest BCUT2D eigenvalue weighted by Gasteiger charge is -2.08. The highest BCUT2D eigenvalue weighted by atomic mass is 16.5. The molecule has 0 bridgehead atoms. The van der Waals surface area contributed by atoms with E-state index < -0.39 is 0 Å². The molecule has 0 atom stereocenters. The van der Waals surface area contributed by atoms with Crippen LogP contribution in [0, 0.1) is 0 Å². The van der Waals surface area contributed by atoms with E-state index in [9.17, 15) is 0 Å². The fourth-order valence-corrected chi connectivity index (χ4v) is 1.74. The first-order chi connectivity index (χ1) is 6.28. The number of nitrogens with zero attached hydrogens (tertiary/aromatic N) is 1. The van der Waals surface area contributed by atoms with Gasteiger partial charge in [0.15, 0.2) is 0 Å². The number of aromatic nitrogens is 1. The van der Waals surface area contributed by atoms with Crippen molar-refractivity contribution in [3.63, 3.8) is 0 Å². The Morgan fingerprint density at radius 3 is 3.08 bits per heavy atom. The van der Waals surface area contributed by atoms with Gasteiger partial charge in [-0.3, -0.25) is 4.98 Å². The average molecular weight is 176 g/mol. The van der Waals surface area contributed by atoms with E-state index >= 15 is 0 Å². The van der Waals surface area contributed by atoms with Gasteiger partial charge >= 0.3 is 0 Å². The molecule has 13 heavy (non-hydrogen) atoms. The summed E-state index contributed by atoms with van der Waals surface area (Å²) < 4.78 is 5.38. The molecule has 68 valence electrons. The summed E-state index contributed by atoms with van der Waals surface area (Å²) in [5.41, 5.74) is 8.25. The number of pyridine rings is 1. The van der Waals surface area contributed by atoms with Crippen LogP contribution in [0.25, 0.3) is 0 Å². The molecule has 3 rings (SSSR count). The Hall–Kier alpha value is -1.09. The summed E-state index contributed by atoms with van der Waals surface area (Å²) in [6.07, 6.45) is 4.95. The Labute approximate surface area is 76.9 Å². The van der Waals surface area contributed by atoms with Crippen LogP contribution in [-0.4, -0.2) is 11.6 Å². The maximum absolute atomic E-state index is 6.06. The van der Waals surface area contributed by atoms with E-state index in [1.165, 1.54) is 5.56 Å². The van der Waals surface area contributed by atoms with Gasteiger partial charge in [0.1, 0.15) is 5.75 Å². The Kier molecular flexibility index (Phi) is 1.26. The maximum atomic E-state index is 6.06. The molecule has 1 fully saturated rings. The first kappa shape index (κ1) is 7.33. The molecule has 0 radical (unpaired) electrons. The van der Waals surface area contributed by atoms with Crippen LogP contribution in [0.4, 0.5) is 0 Å². The van der Waals surface area contributed by atoms with Crippen molar-refractivity contribution in [2.45, 2.75) is 24.8 Å². The van der Waals surface area contributed by atoms with Gasteiger partial charge in [0, 0.05) is 12.0 Å². The Bertz CT molecular complexity index is 358. The monoisotopic (exact) mass is 176 g/mol. The summed E-state index contributed by atoms with van der Waals surface area (Å²) in [7, 11) is 0. The lowest BCUT2D eigenvalue weighted by atomic mass is 10.1. The third-order valence-corrected chi connectivity index (χ3v) is 2.88. The highest BCUT2D eigenvalue weighted by Crippen LogP contribution is 2.42. The molecule has 0 unspecified atom stereocenters. The SMILES string of the molecule is NC1(c2cc3c(cn2)OCC3)CC1. The molecule has 3 heteroatoms. The molecule has 1 aliphatic carbocycles. The molecule has 0 spiro atoms. The van der Waals surface area contributed by atoms with Crippen molar-refractivity contribution in [3.05, 3.63) is 23.5 Å². The first-order valence-electron chi connectivity index (χ1n) is 4.69. The van der Waals surface area contributed by atoms with Crippen LogP contribution in [0.2, 0.25) is 0 Å². The van der Waals surface area contributed by atoms with Crippen molar-refractivity contribution in [1.82, 2.24) is 4.98 Å². The normalized spacial score (nSPS) is 22.2. The largest absolute Gasteiger partial charge is 0.491 e. The highest BCUT2D eigenvalue weighted by molar-refractivity contribution is 5.38. The van der Waals surface area contributed by atoms with Crippen LogP contribution in [0.5, 0.6) is 5.75 Å². The van der Waals surface area contributed by atoms with Gasteiger partial charge in [-0.25, -0.2) is 0 Å². The minimum Gasteiger partial charge on any atom is -0.491 e. The molecule has 1 aliphatic heterocycles. The number of rotatable bonds is 1. The predicted molar refractivity (Wildman–Crippen MR) is 48.5 cm³/mol. The quantitative estimate of drug-likeness (QED) is 0.693. The lowest BCUT2D eigenvalue weighted by molar-refractivity contribution is 0.355. The number of ether oxygens (including phenoxy) is 1. The number of nitrogens with two attached hydrogens (primary N) is 1. The third-order valence-electron chi connectivity index (χ3n) is 2.88. The Morgan fingerprint density at radius 1 is 1.46 bits per heavy atom. The van der Waals surface area contributed by atoms with E-state index in [1.54, 1.807) is 0 Å². The van der Waals surface area contributed by atoms with Gasteiger partial charge in [-0.1, -0.05) is 0 Å². The Balaban J connectivity index is 2.05. The van der Waals surface area contributed by atoms with Crippen molar-refractivity contribution in [1.29, 1.82) is 0 Å². The predicted octanol–water partition coefficient (Wildman–Crippen LogP) is 0.964. The first-order valence-corrected chi connectivity index (χ1v) is 4.69. The van der Waals surface area contributed by atoms with Crippen molar-refractivity contribution in [2.24, 2.45) is 5.73 Å². The summed E-state index contributed by atoms with van der Waals surface area (Å²) >= 11 is 0. The van der Waals surface area contributed by atoms with Crippen LogP contribution in [0.15, 0.2) is 12.3 Å². The summed E-state index contributed by atoms with van der Waals surface area (Å²) in [5.74, 6) is 0.938. The molecule has 3 nitrogen and oxygen atoms in total. The molecular weight excluding hydrogens is 164 g/mol. The van der Waals surface area contributed by atoms with E-state index in [4.69, 9.17) is 10.5 Å². The van der Waals surface area contributed by atoms with Gasteiger partial charge in [0.25, 0.3) is 0 Å². The standard InChI is InChI=1S/C10H12N2O/c11-10(2-3-10)9-5-7-1-4-13-8(7)6-12-9/h5-6H,1-4,11H2. The summed E-state index contributed by atoms with van der Waals surface area (Å²) in [4.78, 5) is 4.33. The zero-order chi connectivity index (χ0) is 8.89. The van der Waals surface area contributed by atoms with E-state index in [1.807, 2.05) is 6.20 Å². The van der Waals surface area contributed by atoms with E-state index in [0.29, 0.717) is 0 Å². The average Bonchev–Trinajstić information content (AvgIpc) is 2.74. The summed E-state index contributed by atoms with van der Waals surface area (Å²) in [6, 6.07) is 2.11. The molecule has 1 saturated carbocycles. The van der Waals surface area contributed by atoms with Crippen LogP contribution in [-0.2, 0) is 12.0 Å². The van der Waals surface area contributed by atoms with Gasteiger partial charge in [-0.05, 0) is 18.9 Å².